The number of rotatable bonds is 3. The first kappa shape index (κ1) is 12.9. The second-order valence-electron chi connectivity index (χ2n) is 5.03. The first-order valence-corrected chi connectivity index (χ1v) is 6.84. The van der Waals surface area contributed by atoms with E-state index >= 15 is 0 Å². The standard InChI is InChI=1S/C16H18N2O2/c1-11-6-7-15(19)14(18-11)10-17-13-8-9-20-16-5-3-2-4-12(13)16/h2-7,13,17,19H,8-10H2,1H3/t13-/m1/s1. The van der Waals surface area contributed by atoms with Gasteiger partial charge in [0.25, 0.3) is 0 Å². The Hall–Kier alpha value is -2.07. The van der Waals surface area contributed by atoms with E-state index in [1.165, 1.54) is 5.56 Å². The highest BCUT2D eigenvalue weighted by Crippen LogP contribution is 2.31. The van der Waals surface area contributed by atoms with Crippen molar-refractivity contribution < 1.29 is 9.84 Å². The lowest BCUT2D eigenvalue weighted by Crippen LogP contribution is -2.27. The van der Waals surface area contributed by atoms with Crippen molar-refractivity contribution in [3.63, 3.8) is 0 Å². The summed E-state index contributed by atoms with van der Waals surface area (Å²) in [4.78, 5) is 4.37. The molecule has 0 spiro atoms. The van der Waals surface area contributed by atoms with Crippen molar-refractivity contribution in [1.29, 1.82) is 0 Å². The Morgan fingerprint density at radius 2 is 2.15 bits per heavy atom. The van der Waals surface area contributed by atoms with Crippen LogP contribution in [0.4, 0.5) is 0 Å². The summed E-state index contributed by atoms with van der Waals surface area (Å²) >= 11 is 0. The molecule has 0 saturated heterocycles. The van der Waals surface area contributed by atoms with Crippen LogP contribution in [0.5, 0.6) is 11.5 Å². The van der Waals surface area contributed by atoms with Gasteiger partial charge in [0, 0.05) is 30.3 Å². The van der Waals surface area contributed by atoms with Crippen LogP contribution in [0.25, 0.3) is 0 Å². The van der Waals surface area contributed by atoms with E-state index in [9.17, 15) is 5.11 Å². The molecule has 0 radical (unpaired) electrons. The van der Waals surface area contributed by atoms with Gasteiger partial charge in [-0.3, -0.25) is 4.98 Å². The maximum Gasteiger partial charge on any atom is 0.138 e. The van der Waals surface area contributed by atoms with Crippen LogP contribution in [0.3, 0.4) is 0 Å². The van der Waals surface area contributed by atoms with Gasteiger partial charge in [0.15, 0.2) is 0 Å². The first-order valence-electron chi connectivity index (χ1n) is 6.84. The molecule has 1 aromatic carbocycles. The highest BCUT2D eigenvalue weighted by molar-refractivity contribution is 5.37. The van der Waals surface area contributed by atoms with Crippen LogP contribution >= 0.6 is 0 Å². The number of aromatic hydroxyl groups is 1. The lowest BCUT2D eigenvalue weighted by atomic mass is 10.0. The van der Waals surface area contributed by atoms with Gasteiger partial charge < -0.3 is 15.2 Å². The third-order valence-corrected chi connectivity index (χ3v) is 3.56. The van der Waals surface area contributed by atoms with Crippen molar-refractivity contribution >= 4 is 0 Å². The Morgan fingerprint density at radius 3 is 3.05 bits per heavy atom. The lowest BCUT2D eigenvalue weighted by molar-refractivity contribution is 0.251. The molecule has 4 nitrogen and oxygen atoms in total. The fraction of sp³-hybridized carbons (Fsp3) is 0.312. The Morgan fingerprint density at radius 1 is 1.30 bits per heavy atom. The quantitative estimate of drug-likeness (QED) is 0.900. The van der Waals surface area contributed by atoms with E-state index < -0.39 is 0 Å². The monoisotopic (exact) mass is 270 g/mol. The third kappa shape index (κ3) is 2.60. The van der Waals surface area contributed by atoms with E-state index in [0.29, 0.717) is 18.8 Å². The SMILES string of the molecule is Cc1ccc(O)c(CN[C@@H]2CCOc3ccccc32)n1. The van der Waals surface area contributed by atoms with Gasteiger partial charge in [0.2, 0.25) is 0 Å². The highest BCUT2D eigenvalue weighted by atomic mass is 16.5. The van der Waals surface area contributed by atoms with Crippen LogP contribution in [-0.2, 0) is 6.54 Å². The molecule has 0 aliphatic carbocycles. The number of hydrogen-bond acceptors (Lipinski definition) is 4. The Bertz CT molecular complexity index is 613. The van der Waals surface area contributed by atoms with Gasteiger partial charge in [-0.2, -0.15) is 0 Å². The number of aryl methyl sites for hydroxylation is 1. The van der Waals surface area contributed by atoms with Crippen LogP contribution in [0.2, 0.25) is 0 Å². The van der Waals surface area contributed by atoms with Crippen LogP contribution in [0.15, 0.2) is 36.4 Å². The Kier molecular flexibility index (Phi) is 3.56. The molecule has 1 aliphatic heterocycles. The van der Waals surface area contributed by atoms with Crippen LogP contribution in [-0.4, -0.2) is 16.7 Å². The van der Waals surface area contributed by atoms with Gasteiger partial charge in [-0.05, 0) is 25.1 Å². The summed E-state index contributed by atoms with van der Waals surface area (Å²) in [6.45, 7) is 3.18. The number of benzene rings is 1. The zero-order chi connectivity index (χ0) is 13.9. The average molecular weight is 270 g/mol. The molecule has 20 heavy (non-hydrogen) atoms. The Balaban J connectivity index is 1.75. The van der Waals surface area contributed by atoms with Gasteiger partial charge in [0.1, 0.15) is 11.5 Å². The summed E-state index contributed by atoms with van der Waals surface area (Å²) in [7, 11) is 0. The van der Waals surface area contributed by atoms with Crippen molar-refractivity contribution in [1.82, 2.24) is 10.3 Å². The number of fused-ring (bicyclic) bond motifs is 1. The molecule has 2 aromatic rings. The van der Waals surface area contributed by atoms with Gasteiger partial charge >= 0.3 is 0 Å². The van der Waals surface area contributed by atoms with Crippen molar-refractivity contribution in [2.45, 2.75) is 25.9 Å². The molecule has 0 fully saturated rings. The molecule has 0 amide bonds. The lowest BCUT2D eigenvalue weighted by Gasteiger charge is -2.26. The summed E-state index contributed by atoms with van der Waals surface area (Å²) < 4.78 is 5.64. The Labute approximate surface area is 118 Å². The molecule has 1 aliphatic rings. The predicted molar refractivity (Wildman–Crippen MR) is 76.8 cm³/mol. The first-order chi connectivity index (χ1) is 9.74. The van der Waals surface area contributed by atoms with Gasteiger partial charge in [-0.1, -0.05) is 18.2 Å². The number of aromatic nitrogens is 1. The second-order valence-corrected chi connectivity index (χ2v) is 5.03. The van der Waals surface area contributed by atoms with Crippen LogP contribution < -0.4 is 10.1 Å². The summed E-state index contributed by atoms with van der Waals surface area (Å²) in [6.07, 6.45) is 0.920. The van der Waals surface area contributed by atoms with E-state index in [-0.39, 0.29) is 11.8 Å². The number of nitrogens with one attached hydrogen (secondary N) is 1. The number of para-hydroxylation sites is 1. The second kappa shape index (κ2) is 5.51. The molecule has 1 aromatic heterocycles. The largest absolute Gasteiger partial charge is 0.506 e. The van der Waals surface area contributed by atoms with E-state index in [4.69, 9.17) is 4.74 Å². The minimum absolute atomic E-state index is 0.238. The minimum atomic E-state index is 0.238. The summed E-state index contributed by atoms with van der Waals surface area (Å²) in [5.74, 6) is 1.18. The van der Waals surface area contributed by atoms with Gasteiger partial charge in [-0.25, -0.2) is 0 Å². The molecule has 2 N–H and O–H groups in total. The van der Waals surface area contributed by atoms with Crippen molar-refractivity contribution in [3.8, 4) is 11.5 Å². The van der Waals surface area contributed by atoms with Gasteiger partial charge in [-0.15, -0.1) is 0 Å². The van der Waals surface area contributed by atoms with E-state index in [2.05, 4.69) is 16.4 Å². The molecular weight excluding hydrogens is 252 g/mol. The molecular formula is C16H18N2O2. The van der Waals surface area contributed by atoms with E-state index in [1.807, 2.05) is 31.2 Å². The average Bonchev–Trinajstić information content (AvgIpc) is 2.48. The fourth-order valence-corrected chi connectivity index (χ4v) is 2.51. The van der Waals surface area contributed by atoms with Crippen molar-refractivity contribution in [3.05, 3.63) is 53.3 Å². The number of pyridine rings is 1. The maximum absolute atomic E-state index is 9.83. The normalized spacial score (nSPS) is 17.4. The molecule has 0 bridgehead atoms. The van der Waals surface area contributed by atoms with Crippen LogP contribution in [0.1, 0.15) is 29.4 Å². The molecule has 3 rings (SSSR count). The molecule has 2 heterocycles. The van der Waals surface area contributed by atoms with Crippen molar-refractivity contribution in [2.24, 2.45) is 0 Å². The third-order valence-electron chi connectivity index (χ3n) is 3.56. The highest BCUT2D eigenvalue weighted by Gasteiger charge is 2.20. The van der Waals surface area contributed by atoms with Crippen LogP contribution in [0, 0.1) is 6.92 Å². The smallest absolute Gasteiger partial charge is 0.138 e. The zero-order valence-corrected chi connectivity index (χ0v) is 11.5. The minimum Gasteiger partial charge on any atom is -0.506 e. The molecule has 104 valence electrons. The van der Waals surface area contributed by atoms with Gasteiger partial charge in [0.05, 0.1) is 12.3 Å². The zero-order valence-electron chi connectivity index (χ0n) is 11.5. The maximum atomic E-state index is 9.83. The summed E-state index contributed by atoms with van der Waals surface area (Å²) in [5.41, 5.74) is 2.77. The van der Waals surface area contributed by atoms with E-state index in [0.717, 1.165) is 17.9 Å². The molecule has 4 heteroatoms. The number of ether oxygens (including phenoxy) is 1. The fourth-order valence-electron chi connectivity index (χ4n) is 2.51. The summed E-state index contributed by atoms with van der Waals surface area (Å²) in [6, 6.07) is 11.8. The summed E-state index contributed by atoms with van der Waals surface area (Å²) in [5, 5.41) is 13.3. The van der Waals surface area contributed by atoms with E-state index in [1.54, 1.807) is 6.07 Å². The topological polar surface area (TPSA) is 54.4 Å². The molecule has 0 saturated carbocycles. The number of hydrogen-bond donors (Lipinski definition) is 2. The predicted octanol–water partition coefficient (Wildman–Crippen LogP) is 2.71. The molecule has 0 unspecified atom stereocenters. The number of nitrogens with zero attached hydrogens (tertiary/aromatic N) is 1. The molecule has 1 atom stereocenters. The van der Waals surface area contributed by atoms with Crippen molar-refractivity contribution in [2.75, 3.05) is 6.61 Å².